The summed E-state index contributed by atoms with van der Waals surface area (Å²) in [5, 5.41) is 16.1. The van der Waals surface area contributed by atoms with Crippen molar-refractivity contribution in [3.8, 4) is 0 Å². The smallest absolute Gasteiger partial charge is 0.371 e. The molecule has 1 amide bonds. The molecule has 2 aromatic carbocycles. The number of nitrogens with one attached hydrogen (secondary N) is 2. The molecule has 0 fully saturated rings. The minimum Gasteiger partial charge on any atom is -0.371 e. The molecule has 0 atom stereocenters. The Balaban J connectivity index is 1.91. The lowest BCUT2D eigenvalue weighted by atomic mass is 10.1. The van der Waals surface area contributed by atoms with E-state index in [1.807, 2.05) is 30.3 Å². The number of amides is 1. The van der Waals surface area contributed by atoms with E-state index >= 15 is 0 Å². The van der Waals surface area contributed by atoms with E-state index in [-0.39, 0.29) is 12.2 Å². The Labute approximate surface area is 147 Å². The van der Waals surface area contributed by atoms with Gasteiger partial charge in [0.05, 0.1) is 17.0 Å². The van der Waals surface area contributed by atoms with Gasteiger partial charge in [-0.3, -0.25) is 14.9 Å². The van der Waals surface area contributed by atoms with Crippen molar-refractivity contribution >= 4 is 17.3 Å². The van der Waals surface area contributed by atoms with Gasteiger partial charge in [0.1, 0.15) is 5.69 Å². The Kier molecular flexibility index (Phi) is 6.16. The Morgan fingerprint density at radius 1 is 1.12 bits per heavy atom. The number of halogens is 3. The third kappa shape index (κ3) is 5.47. The number of nitrogens with zero attached hydrogens (tertiary/aromatic N) is 1. The summed E-state index contributed by atoms with van der Waals surface area (Å²) in [6, 6.07) is 11.6. The largest absolute Gasteiger partial charge is 0.416 e. The second kappa shape index (κ2) is 8.32. The van der Waals surface area contributed by atoms with Crippen molar-refractivity contribution in [3.05, 3.63) is 69.8 Å². The molecule has 0 aliphatic rings. The standard InChI is InChI=1S/C17H16F3N3O3/c18-17(19,20)13-6-7-14(15(10-13)23(25)26)22-11-16(24)21-9-8-12-4-2-1-3-5-12/h1-7,10,22H,8-9,11H2,(H,21,24). The summed E-state index contributed by atoms with van der Waals surface area (Å²) in [5.41, 5.74) is -0.973. The molecule has 0 spiro atoms. The van der Waals surface area contributed by atoms with Gasteiger partial charge >= 0.3 is 6.18 Å². The van der Waals surface area contributed by atoms with Gasteiger partial charge in [0.15, 0.2) is 0 Å². The topological polar surface area (TPSA) is 84.3 Å². The normalized spacial score (nSPS) is 11.0. The average molecular weight is 367 g/mol. The van der Waals surface area contributed by atoms with Crippen molar-refractivity contribution in [2.75, 3.05) is 18.4 Å². The van der Waals surface area contributed by atoms with E-state index in [1.54, 1.807) is 0 Å². The zero-order chi connectivity index (χ0) is 19.2. The first-order chi connectivity index (χ1) is 12.3. The van der Waals surface area contributed by atoms with Gasteiger partial charge in [0, 0.05) is 12.6 Å². The van der Waals surface area contributed by atoms with Crippen LogP contribution in [0, 0.1) is 10.1 Å². The molecule has 0 saturated carbocycles. The fraction of sp³-hybridized carbons (Fsp3) is 0.235. The molecule has 26 heavy (non-hydrogen) atoms. The number of benzene rings is 2. The highest BCUT2D eigenvalue weighted by molar-refractivity contribution is 5.81. The Hall–Kier alpha value is -3.10. The molecule has 138 valence electrons. The van der Waals surface area contributed by atoms with E-state index in [0.29, 0.717) is 19.0 Å². The van der Waals surface area contributed by atoms with Gasteiger partial charge < -0.3 is 10.6 Å². The van der Waals surface area contributed by atoms with E-state index < -0.39 is 28.3 Å². The molecule has 0 heterocycles. The summed E-state index contributed by atoms with van der Waals surface area (Å²) in [5.74, 6) is -0.421. The van der Waals surface area contributed by atoms with Crippen LogP contribution in [0.15, 0.2) is 48.5 Å². The van der Waals surface area contributed by atoms with Crippen LogP contribution in [0.2, 0.25) is 0 Å². The first-order valence-corrected chi connectivity index (χ1v) is 7.67. The summed E-state index contributed by atoms with van der Waals surface area (Å²) in [6.07, 6.45) is -4.06. The molecule has 0 bridgehead atoms. The molecule has 0 aliphatic carbocycles. The lowest BCUT2D eigenvalue weighted by Crippen LogP contribution is -2.31. The Morgan fingerprint density at radius 2 is 1.81 bits per heavy atom. The van der Waals surface area contributed by atoms with Gasteiger partial charge in [-0.2, -0.15) is 13.2 Å². The molecule has 0 radical (unpaired) electrons. The van der Waals surface area contributed by atoms with Gasteiger partial charge in [-0.05, 0) is 24.1 Å². The summed E-state index contributed by atoms with van der Waals surface area (Å²) in [4.78, 5) is 21.8. The van der Waals surface area contributed by atoms with Gasteiger partial charge in [-0.1, -0.05) is 30.3 Å². The molecule has 0 aliphatic heterocycles. The van der Waals surface area contributed by atoms with Gasteiger partial charge in [-0.15, -0.1) is 0 Å². The van der Waals surface area contributed by atoms with Crippen LogP contribution < -0.4 is 10.6 Å². The van der Waals surface area contributed by atoms with E-state index in [4.69, 9.17) is 0 Å². The maximum Gasteiger partial charge on any atom is 0.416 e. The summed E-state index contributed by atoms with van der Waals surface area (Å²) < 4.78 is 37.9. The predicted molar refractivity (Wildman–Crippen MR) is 89.7 cm³/mol. The average Bonchev–Trinajstić information content (AvgIpc) is 2.60. The summed E-state index contributed by atoms with van der Waals surface area (Å²) in [7, 11) is 0. The molecule has 0 unspecified atom stereocenters. The zero-order valence-corrected chi connectivity index (χ0v) is 13.5. The van der Waals surface area contributed by atoms with E-state index in [1.165, 1.54) is 0 Å². The van der Waals surface area contributed by atoms with Crippen molar-refractivity contribution < 1.29 is 22.9 Å². The number of nitro benzene ring substituents is 1. The number of carbonyl (C=O) groups is 1. The second-order valence-corrected chi connectivity index (χ2v) is 5.43. The predicted octanol–water partition coefficient (Wildman–Crippen LogP) is 3.38. The zero-order valence-electron chi connectivity index (χ0n) is 13.5. The van der Waals surface area contributed by atoms with Crippen molar-refractivity contribution in [2.24, 2.45) is 0 Å². The van der Waals surface area contributed by atoms with Crippen LogP contribution in [-0.2, 0) is 17.4 Å². The van der Waals surface area contributed by atoms with E-state index in [9.17, 15) is 28.1 Å². The number of hydrogen-bond donors (Lipinski definition) is 2. The second-order valence-electron chi connectivity index (χ2n) is 5.43. The monoisotopic (exact) mass is 367 g/mol. The molecular weight excluding hydrogens is 351 g/mol. The Bertz CT molecular complexity index is 780. The highest BCUT2D eigenvalue weighted by Crippen LogP contribution is 2.34. The van der Waals surface area contributed by atoms with Gasteiger partial charge in [0.25, 0.3) is 5.69 Å². The molecule has 2 rings (SSSR count). The van der Waals surface area contributed by atoms with E-state index in [2.05, 4.69) is 10.6 Å². The quantitative estimate of drug-likeness (QED) is 0.580. The summed E-state index contributed by atoms with van der Waals surface area (Å²) in [6.45, 7) is 0.0840. The van der Waals surface area contributed by atoms with Crippen LogP contribution in [0.4, 0.5) is 24.5 Å². The molecule has 0 aromatic heterocycles. The van der Waals surface area contributed by atoms with Crippen LogP contribution >= 0.6 is 0 Å². The lowest BCUT2D eigenvalue weighted by molar-refractivity contribution is -0.384. The Morgan fingerprint density at radius 3 is 2.42 bits per heavy atom. The highest BCUT2D eigenvalue weighted by atomic mass is 19.4. The molecule has 9 heteroatoms. The minimum atomic E-state index is -4.68. The van der Waals surface area contributed by atoms with E-state index in [0.717, 1.165) is 17.7 Å². The maximum absolute atomic E-state index is 12.6. The number of nitro groups is 1. The molecule has 0 saturated heterocycles. The fourth-order valence-corrected chi connectivity index (χ4v) is 2.24. The number of hydrogen-bond acceptors (Lipinski definition) is 4. The molecule has 6 nitrogen and oxygen atoms in total. The van der Waals surface area contributed by atoms with Crippen LogP contribution in [0.3, 0.4) is 0 Å². The SMILES string of the molecule is O=C(CNc1ccc(C(F)(F)F)cc1[N+](=O)[O-])NCCc1ccccc1. The first-order valence-electron chi connectivity index (χ1n) is 7.67. The van der Waals surface area contributed by atoms with Crippen LogP contribution in [0.1, 0.15) is 11.1 Å². The first kappa shape index (κ1) is 19.2. The molecular formula is C17H16F3N3O3. The number of carbonyl (C=O) groups excluding carboxylic acids is 1. The van der Waals surface area contributed by atoms with Crippen LogP contribution in [0.5, 0.6) is 0 Å². The van der Waals surface area contributed by atoms with Gasteiger partial charge in [0.2, 0.25) is 5.91 Å². The van der Waals surface area contributed by atoms with Crippen LogP contribution in [-0.4, -0.2) is 23.9 Å². The van der Waals surface area contributed by atoms with Crippen molar-refractivity contribution in [1.82, 2.24) is 5.32 Å². The molecule has 2 aromatic rings. The maximum atomic E-state index is 12.6. The van der Waals surface area contributed by atoms with Gasteiger partial charge in [-0.25, -0.2) is 0 Å². The minimum absolute atomic E-state index is 0.152. The van der Waals surface area contributed by atoms with Crippen molar-refractivity contribution in [2.45, 2.75) is 12.6 Å². The van der Waals surface area contributed by atoms with Crippen molar-refractivity contribution in [1.29, 1.82) is 0 Å². The fourth-order valence-electron chi connectivity index (χ4n) is 2.24. The lowest BCUT2D eigenvalue weighted by Gasteiger charge is -2.11. The number of alkyl halides is 3. The van der Waals surface area contributed by atoms with Crippen LogP contribution in [0.25, 0.3) is 0 Å². The molecule has 2 N–H and O–H groups in total. The van der Waals surface area contributed by atoms with Crippen molar-refractivity contribution in [3.63, 3.8) is 0 Å². The summed E-state index contributed by atoms with van der Waals surface area (Å²) >= 11 is 0. The number of rotatable bonds is 7. The highest BCUT2D eigenvalue weighted by Gasteiger charge is 2.33. The third-order valence-corrected chi connectivity index (χ3v) is 3.54. The number of anilines is 1. The third-order valence-electron chi connectivity index (χ3n) is 3.54.